The molecule has 84 valence electrons. The van der Waals surface area contributed by atoms with Crippen LogP contribution < -0.4 is 5.32 Å². The Hall–Kier alpha value is -1.68. The van der Waals surface area contributed by atoms with Crippen LogP contribution in [0.3, 0.4) is 0 Å². The number of aryl methyl sites for hydroxylation is 1. The second-order valence-electron chi connectivity index (χ2n) is 3.76. The van der Waals surface area contributed by atoms with Gasteiger partial charge in [0.05, 0.1) is 0 Å². The van der Waals surface area contributed by atoms with Gasteiger partial charge in [0, 0.05) is 44.3 Å². The van der Waals surface area contributed by atoms with Crippen molar-refractivity contribution < 1.29 is 0 Å². The number of H-pyrrole nitrogens is 1. The van der Waals surface area contributed by atoms with Crippen molar-refractivity contribution in [1.82, 2.24) is 20.3 Å². The van der Waals surface area contributed by atoms with Gasteiger partial charge >= 0.3 is 0 Å². The normalized spacial score (nSPS) is 10.6. The molecule has 2 N–H and O–H groups in total. The molecule has 0 unspecified atom stereocenters. The fourth-order valence-electron chi connectivity index (χ4n) is 1.55. The Kier molecular flexibility index (Phi) is 3.66. The van der Waals surface area contributed by atoms with Gasteiger partial charge in [0.25, 0.3) is 0 Å². The van der Waals surface area contributed by atoms with Gasteiger partial charge in [-0.2, -0.15) is 0 Å². The molecular weight excluding hydrogens is 200 g/mol. The van der Waals surface area contributed by atoms with Gasteiger partial charge in [0.15, 0.2) is 0 Å². The third kappa shape index (κ3) is 2.90. The molecule has 16 heavy (non-hydrogen) atoms. The van der Waals surface area contributed by atoms with Crippen LogP contribution in [0.15, 0.2) is 30.9 Å². The van der Waals surface area contributed by atoms with Crippen molar-refractivity contribution in [1.29, 1.82) is 0 Å². The first-order valence-corrected chi connectivity index (χ1v) is 5.45. The largest absolute Gasteiger partial charge is 0.349 e. The summed E-state index contributed by atoms with van der Waals surface area (Å²) in [7, 11) is 0. The Morgan fingerprint density at radius 3 is 3.06 bits per heavy atom. The van der Waals surface area contributed by atoms with E-state index in [0.717, 1.165) is 25.3 Å². The number of aromatic amines is 1. The first kappa shape index (κ1) is 10.8. The van der Waals surface area contributed by atoms with Crippen molar-refractivity contribution in [2.75, 3.05) is 6.54 Å². The van der Waals surface area contributed by atoms with Crippen LogP contribution in [0, 0.1) is 6.92 Å². The van der Waals surface area contributed by atoms with Crippen LogP contribution in [0.4, 0.5) is 0 Å². The minimum atomic E-state index is 0.861. The van der Waals surface area contributed by atoms with Gasteiger partial charge in [-0.25, -0.2) is 4.98 Å². The lowest BCUT2D eigenvalue weighted by atomic mass is 10.1. The Morgan fingerprint density at radius 2 is 2.31 bits per heavy atom. The summed E-state index contributed by atoms with van der Waals surface area (Å²) in [6, 6.07) is 2.03. The molecule has 2 rings (SSSR count). The van der Waals surface area contributed by atoms with E-state index in [4.69, 9.17) is 0 Å². The number of nitrogens with one attached hydrogen (secondary N) is 2. The predicted octanol–water partition coefficient (Wildman–Crippen LogP) is 1.45. The quantitative estimate of drug-likeness (QED) is 0.744. The lowest BCUT2D eigenvalue weighted by Crippen LogP contribution is -2.17. The SMILES string of the molecule is Cc1ccncc1CNCCc1ncc[nH]1. The first-order valence-electron chi connectivity index (χ1n) is 5.45. The molecule has 0 spiro atoms. The van der Waals surface area contributed by atoms with Crippen molar-refractivity contribution in [3.05, 3.63) is 47.8 Å². The van der Waals surface area contributed by atoms with Gasteiger partial charge in [-0.3, -0.25) is 4.98 Å². The Balaban J connectivity index is 1.74. The summed E-state index contributed by atoms with van der Waals surface area (Å²) in [5.41, 5.74) is 2.53. The summed E-state index contributed by atoms with van der Waals surface area (Å²) in [4.78, 5) is 11.4. The third-order valence-electron chi connectivity index (χ3n) is 2.56. The molecule has 4 heteroatoms. The molecule has 4 nitrogen and oxygen atoms in total. The molecule has 0 bridgehead atoms. The topological polar surface area (TPSA) is 53.6 Å². The van der Waals surface area contributed by atoms with Crippen LogP contribution >= 0.6 is 0 Å². The van der Waals surface area contributed by atoms with E-state index in [1.54, 1.807) is 6.20 Å². The second-order valence-corrected chi connectivity index (χ2v) is 3.76. The highest BCUT2D eigenvalue weighted by atomic mass is 14.9. The van der Waals surface area contributed by atoms with E-state index >= 15 is 0 Å². The van der Waals surface area contributed by atoms with Crippen LogP contribution in [0.1, 0.15) is 17.0 Å². The minimum absolute atomic E-state index is 0.861. The lowest BCUT2D eigenvalue weighted by molar-refractivity contribution is 0.670. The van der Waals surface area contributed by atoms with Gasteiger partial charge in [-0.1, -0.05) is 0 Å². The lowest BCUT2D eigenvalue weighted by Gasteiger charge is -2.05. The molecule has 0 atom stereocenters. The third-order valence-corrected chi connectivity index (χ3v) is 2.56. The van der Waals surface area contributed by atoms with Crippen molar-refractivity contribution in [3.63, 3.8) is 0 Å². The summed E-state index contributed by atoms with van der Waals surface area (Å²) in [6.07, 6.45) is 8.28. The molecule has 0 saturated carbocycles. The molecular formula is C12H16N4. The maximum atomic E-state index is 4.17. The zero-order valence-electron chi connectivity index (χ0n) is 9.40. The Morgan fingerprint density at radius 1 is 1.38 bits per heavy atom. The van der Waals surface area contributed by atoms with Crippen LogP contribution in [-0.4, -0.2) is 21.5 Å². The van der Waals surface area contributed by atoms with E-state index in [1.165, 1.54) is 11.1 Å². The van der Waals surface area contributed by atoms with Gasteiger partial charge < -0.3 is 10.3 Å². The number of pyridine rings is 1. The minimum Gasteiger partial charge on any atom is -0.349 e. The summed E-state index contributed by atoms with van der Waals surface area (Å²) in [6.45, 7) is 3.88. The number of imidazole rings is 1. The summed E-state index contributed by atoms with van der Waals surface area (Å²) in [5, 5.41) is 3.38. The first-order chi connectivity index (χ1) is 7.86. The predicted molar refractivity (Wildman–Crippen MR) is 63.0 cm³/mol. The zero-order valence-corrected chi connectivity index (χ0v) is 9.40. The fraction of sp³-hybridized carbons (Fsp3) is 0.333. The molecule has 2 aromatic heterocycles. The number of hydrogen-bond donors (Lipinski definition) is 2. The molecule has 0 aliphatic carbocycles. The standard InChI is InChI=1S/C12H16N4/c1-10-2-4-13-8-11(10)9-14-5-3-12-15-6-7-16-12/h2,4,6-8,14H,3,5,9H2,1H3,(H,15,16). The van der Waals surface area contributed by atoms with E-state index < -0.39 is 0 Å². The molecule has 0 aromatic carbocycles. The number of nitrogens with zero attached hydrogens (tertiary/aromatic N) is 2. The van der Waals surface area contributed by atoms with Crippen LogP contribution in [-0.2, 0) is 13.0 Å². The van der Waals surface area contributed by atoms with Gasteiger partial charge in [-0.05, 0) is 24.1 Å². The number of aromatic nitrogens is 3. The maximum absolute atomic E-state index is 4.17. The summed E-state index contributed by atoms with van der Waals surface area (Å²) >= 11 is 0. The molecule has 0 fully saturated rings. The number of hydrogen-bond acceptors (Lipinski definition) is 3. The van der Waals surface area contributed by atoms with E-state index in [1.807, 2.05) is 24.7 Å². The van der Waals surface area contributed by atoms with Crippen molar-refractivity contribution >= 4 is 0 Å². The van der Waals surface area contributed by atoms with Crippen LogP contribution in [0.25, 0.3) is 0 Å². The van der Waals surface area contributed by atoms with Crippen molar-refractivity contribution in [2.45, 2.75) is 19.9 Å². The van der Waals surface area contributed by atoms with Crippen LogP contribution in [0.2, 0.25) is 0 Å². The number of rotatable bonds is 5. The van der Waals surface area contributed by atoms with E-state index in [0.29, 0.717) is 0 Å². The molecule has 0 radical (unpaired) electrons. The maximum Gasteiger partial charge on any atom is 0.107 e. The molecule has 0 amide bonds. The molecule has 0 saturated heterocycles. The summed E-state index contributed by atoms with van der Waals surface area (Å²) < 4.78 is 0. The molecule has 0 aliphatic rings. The fourth-order valence-corrected chi connectivity index (χ4v) is 1.55. The molecule has 2 aromatic rings. The van der Waals surface area contributed by atoms with Gasteiger partial charge in [0.2, 0.25) is 0 Å². The second kappa shape index (κ2) is 5.42. The highest BCUT2D eigenvalue weighted by molar-refractivity contribution is 5.20. The van der Waals surface area contributed by atoms with Gasteiger partial charge in [-0.15, -0.1) is 0 Å². The van der Waals surface area contributed by atoms with E-state index in [2.05, 4.69) is 27.2 Å². The highest BCUT2D eigenvalue weighted by Gasteiger charge is 1.98. The average Bonchev–Trinajstić information content (AvgIpc) is 2.79. The Bertz CT molecular complexity index is 422. The van der Waals surface area contributed by atoms with E-state index in [-0.39, 0.29) is 0 Å². The average molecular weight is 216 g/mol. The zero-order chi connectivity index (χ0) is 11.2. The van der Waals surface area contributed by atoms with Crippen LogP contribution in [0.5, 0.6) is 0 Å². The monoisotopic (exact) mass is 216 g/mol. The van der Waals surface area contributed by atoms with Crippen molar-refractivity contribution in [2.24, 2.45) is 0 Å². The molecule has 0 aliphatic heterocycles. The Labute approximate surface area is 95.1 Å². The molecule has 2 heterocycles. The van der Waals surface area contributed by atoms with Gasteiger partial charge in [0.1, 0.15) is 5.82 Å². The summed E-state index contributed by atoms with van der Waals surface area (Å²) in [5.74, 6) is 1.02. The highest BCUT2D eigenvalue weighted by Crippen LogP contribution is 2.03. The smallest absolute Gasteiger partial charge is 0.107 e. The van der Waals surface area contributed by atoms with Crippen molar-refractivity contribution in [3.8, 4) is 0 Å². The van der Waals surface area contributed by atoms with E-state index in [9.17, 15) is 0 Å².